The smallest absolute Gasteiger partial charge is 0.0464 e. The molecule has 2 N–H and O–H groups in total. The molecule has 2 heteroatoms. The molecule has 1 fully saturated rings. The summed E-state index contributed by atoms with van der Waals surface area (Å²) in [5.74, 6) is 0.823. The second-order valence-corrected chi connectivity index (χ2v) is 12.1. The van der Waals surface area contributed by atoms with Crippen LogP contribution in [0.3, 0.4) is 0 Å². The second-order valence-electron chi connectivity index (χ2n) is 12.1. The number of rotatable bonds is 6. The second kappa shape index (κ2) is 9.86. The maximum atomic E-state index is 3.77. The zero-order chi connectivity index (χ0) is 26.5. The molecule has 198 valence electrons. The van der Waals surface area contributed by atoms with Crippen LogP contribution in [-0.2, 0) is 0 Å². The molecular formula is C38H36N2. The highest BCUT2D eigenvalue weighted by Gasteiger charge is 2.28. The van der Waals surface area contributed by atoms with E-state index in [0.29, 0.717) is 0 Å². The molecule has 1 unspecified atom stereocenters. The van der Waals surface area contributed by atoms with Crippen LogP contribution >= 0.6 is 0 Å². The maximum absolute atomic E-state index is 3.77. The largest absolute Gasteiger partial charge is 0.358 e. The van der Waals surface area contributed by atoms with Gasteiger partial charge in [0.1, 0.15) is 0 Å². The molecule has 0 spiro atoms. The molecule has 0 bridgehead atoms. The van der Waals surface area contributed by atoms with E-state index in [4.69, 9.17) is 0 Å². The first-order valence-electron chi connectivity index (χ1n) is 15.1. The average Bonchev–Trinajstić information content (AvgIpc) is 2.96. The topological polar surface area (TPSA) is 24.1 Å². The van der Waals surface area contributed by atoms with E-state index < -0.39 is 0 Å². The van der Waals surface area contributed by atoms with Gasteiger partial charge in [-0.05, 0) is 122 Å². The van der Waals surface area contributed by atoms with Crippen molar-refractivity contribution in [2.24, 2.45) is 5.92 Å². The summed E-state index contributed by atoms with van der Waals surface area (Å²) in [5, 5.41) is 9.95. The quantitative estimate of drug-likeness (QED) is 0.338. The van der Waals surface area contributed by atoms with E-state index in [2.05, 4.69) is 102 Å². The predicted octanol–water partition coefficient (Wildman–Crippen LogP) is 10.5. The molecule has 1 atom stereocenters. The van der Waals surface area contributed by atoms with Gasteiger partial charge >= 0.3 is 0 Å². The fraction of sp³-hybridized carbons (Fsp3) is 0.263. The van der Waals surface area contributed by atoms with Gasteiger partial charge in [0.05, 0.1) is 0 Å². The SMILES string of the molecule is C1=C(Nc2cccc3c(Nc4ccc(C5=CC6=C(CC5)CC6)cc4)cccc23)CCC(C2=CC=C3CCC3C2)=C1. The highest BCUT2D eigenvalue weighted by Crippen LogP contribution is 2.44. The monoisotopic (exact) mass is 520 g/mol. The van der Waals surface area contributed by atoms with Crippen molar-refractivity contribution in [3.8, 4) is 0 Å². The minimum absolute atomic E-state index is 0.823. The molecule has 0 aromatic heterocycles. The van der Waals surface area contributed by atoms with Crippen molar-refractivity contribution in [1.82, 2.24) is 0 Å². The number of hydrogen-bond donors (Lipinski definition) is 2. The number of hydrogen-bond acceptors (Lipinski definition) is 2. The molecule has 8 rings (SSSR count). The number of nitrogens with one attached hydrogen (secondary N) is 2. The van der Waals surface area contributed by atoms with Crippen molar-refractivity contribution < 1.29 is 0 Å². The molecule has 3 aromatic carbocycles. The molecule has 5 aliphatic carbocycles. The molecule has 2 nitrogen and oxygen atoms in total. The van der Waals surface area contributed by atoms with E-state index in [1.165, 1.54) is 83.8 Å². The summed E-state index contributed by atoms with van der Waals surface area (Å²) in [6, 6.07) is 22.2. The minimum atomic E-state index is 0.823. The lowest BCUT2D eigenvalue weighted by molar-refractivity contribution is 0.434. The number of benzene rings is 3. The Morgan fingerprint density at radius 3 is 1.98 bits per heavy atom. The third-order valence-electron chi connectivity index (χ3n) is 9.78. The Bertz CT molecular complexity index is 1700. The Kier molecular flexibility index (Phi) is 5.87. The zero-order valence-corrected chi connectivity index (χ0v) is 23.1. The van der Waals surface area contributed by atoms with Gasteiger partial charge in [0, 0.05) is 33.5 Å². The van der Waals surface area contributed by atoms with Gasteiger partial charge in [0.15, 0.2) is 0 Å². The van der Waals surface area contributed by atoms with Gasteiger partial charge in [-0.15, -0.1) is 0 Å². The van der Waals surface area contributed by atoms with E-state index in [9.17, 15) is 0 Å². The van der Waals surface area contributed by atoms with Crippen LogP contribution in [0.25, 0.3) is 16.3 Å². The van der Waals surface area contributed by atoms with E-state index >= 15 is 0 Å². The number of allylic oxidation sites excluding steroid dienone is 12. The normalized spacial score (nSPS) is 21.5. The van der Waals surface area contributed by atoms with Crippen molar-refractivity contribution in [3.63, 3.8) is 0 Å². The van der Waals surface area contributed by atoms with Crippen molar-refractivity contribution in [1.29, 1.82) is 0 Å². The van der Waals surface area contributed by atoms with Crippen LogP contribution in [0.15, 0.2) is 125 Å². The van der Waals surface area contributed by atoms with E-state index in [1.807, 2.05) is 0 Å². The van der Waals surface area contributed by atoms with Gasteiger partial charge in [-0.3, -0.25) is 0 Å². The molecule has 0 aliphatic heterocycles. The van der Waals surface area contributed by atoms with Gasteiger partial charge in [-0.2, -0.15) is 0 Å². The summed E-state index contributed by atoms with van der Waals surface area (Å²) < 4.78 is 0. The highest BCUT2D eigenvalue weighted by molar-refractivity contribution is 6.02. The Morgan fingerprint density at radius 2 is 1.32 bits per heavy atom. The molecular weight excluding hydrogens is 484 g/mol. The van der Waals surface area contributed by atoms with Gasteiger partial charge in [-0.25, -0.2) is 0 Å². The summed E-state index contributed by atoms with van der Waals surface area (Å²) in [6.45, 7) is 0. The molecule has 0 saturated heterocycles. The van der Waals surface area contributed by atoms with Crippen LogP contribution in [0.4, 0.5) is 17.1 Å². The Morgan fingerprint density at radius 1 is 0.575 bits per heavy atom. The fourth-order valence-electron chi connectivity index (χ4n) is 7.08. The van der Waals surface area contributed by atoms with Gasteiger partial charge in [0.25, 0.3) is 0 Å². The lowest BCUT2D eigenvalue weighted by Gasteiger charge is -2.34. The van der Waals surface area contributed by atoms with Crippen LogP contribution in [0.5, 0.6) is 0 Å². The van der Waals surface area contributed by atoms with Crippen LogP contribution < -0.4 is 10.6 Å². The lowest BCUT2D eigenvalue weighted by atomic mass is 9.71. The molecule has 0 heterocycles. The molecule has 1 saturated carbocycles. The summed E-state index contributed by atoms with van der Waals surface area (Å²) >= 11 is 0. The van der Waals surface area contributed by atoms with Crippen molar-refractivity contribution >= 4 is 33.4 Å². The van der Waals surface area contributed by atoms with Crippen molar-refractivity contribution in [2.45, 2.75) is 57.8 Å². The van der Waals surface area contributed by atoms with Crippen LogP contribution in [0.2, 0.25) is 0 Å². The van der Waals surface area contributed by atoms with Gasteiger partial charge in [0.2, 0.25) is 0 Å². The van der Waals surface area contributed by atoms with Gasteiger partial charge < -0.3 is 10.6 Å². The molecule has 40 heavy (non-hydrogen) atoms. The van der Waals surface area contributed by atoms with Crippen molar-refractivity contribution in [3.05, 3.63) is 130 Å². The number of anilines is 3. The zero-order valence-electron chi connectivity index (χ0n) is 23.1. The first-order chi connectivity index (χ1) is 19.8. The molecule has 5 aliphatic rings. The summed E-state index contributed by atoms with van der Waals surface area (Å²) in [5.41, 5.74) is 15.6. The minimum Gasteiger partial charge on any atom is -0.358 e. The maximum Gasteiger partial charge on any atom is 0.0464 e. The van der Waals surface area contributed by atoms with Gasteiger partial charge in [-0.1, -0.05) is 71.8 Å². The Labute approximate surface area is 237 Å². The third-order valence-corrected chi connectivity index (χ3v) is 9.78. The van der Waals surface area contributed by atoms with E-state index in [1.54, 1.807) is 22.3 Å². The first-order valence-corrected chi connectivity index (χ1v) is 15.1. The van der Waals surface area contributed by atoms with Crippen LogP contribution in [0.1, 0.15) is 63.4 Å². The van der Waals surface area contributed by atoms with Crippen LogP contribution in [0, 0.1) is 5.92 Å². The third kappa shape index (κ3) is 4.36. The van der Waals surface area contributed by atoms with E-state index in [0.717, 1.165) is 30.1 Å². The Hall–Kier alpha value is -4.04. The standard InChI is InChI=1S/C38H36N2/c1-3-35-36(37(5-1)39-33-19-15-27(16-20-33)31-13-9-25-7-11-29(25)23-31)4-2-6-38(35)40-34-21-17-28(18-22-34)32-14-10-26-8-12-30(26)24-32/h1-6,9,13,15,17-19,21-22,24,29,39-40H,7-8,10-12,14,16,20,23H2. The first kappa shape index (κ1) is 23.8. The molecule has 3 aromatic rings. The summed E-state index contributed by atoms with van der Waals surface area (Å²) in [4.78, 5) is 0. The van der Waals surface area contributed by atoms with Crippen LogP contribution in [-0.4, -0.2) is 0 Å². The number of fused-ring (bicyclic) bond motifs is 2. The predicted molar refractivity (Wildman–Crippen MR) is 170 cm³/mol. The Balaban J connectivity index is 1.00. The highest BCUT2D eigenvalue weighted by atomic mass is 14.9. The van der Waals surface area contributed by atoms with Crippen molar-refractivity contribution in [2.75, 3.05) is 10.6 Å². The van der Waals surface area contributed by atoms with E-state index in [-0.39, 0.29) is 0 Å². The lowest BCUT2D eigenvalue weighted by Crippen LogP contribution is -2.19. The summed E-state index contributed by atoms with van der Waals surface area (Å²) in [7, 11) is 0. The fourth-order valence-corrected chi connectivity index (χ4v) is 7.08. The molecule has 0 amide bonds. The molecule has 0 radical (unpaired) electrons. The summed E-state index contributed by atoms with van der Waals surface area (Å²) in [6.07, 6.45) is 23.0. The average molecular weight is 521 g/mol.